The van der Waals surface area contributed by atoms with Gasteiger partial charge in [-0.3, -0.25) is 0 Å². The van der Waals surface area contributed by atoms with Crippen LogP contribution in [0.1, 0.15) is 78.5 Å². The Labute approximate surface area is 224 Å². The molecule has 0 amide bonds. The second-order valence-corrected chi connectivity index (χ2v) is 10.9. The molecule has 3 aromatic carbocycles. The number of hydrogen-bond acceptors (Lipinski definition) is 1. The molecular weight excluding hydrogens is 456 g/mol. The minimum Gasteiger partial charge on any atom is -0.358 e. The van der Waals surface area contributed by atoms with Gasteiger partial charge in [0.15, 0.2) is 5.11 Å². The quantitative estimate of drug-likeness (QED) is 0.271. The highest BCUT2D eigenvalue weighted by Gasteiger charge is 2.12. The standard InChI is InChI=1S/C33H44N2S/c1-8-10-11-27(9-2)20-28-12-14-30(15-13-28)35-33(36)34-21-29-18-24(5)31(19-23(29)4)32-25(6)16-22(3)17-26(32)7/h12-19,27H,8-11,20-21H2,1-7H3,(H2,34,35,36). The van der Waals surface area contributed by atoms with Crippen molar-refractivity contribution in [2.45, 2.75) is 87.1 Å². The van der Waals surface area contributed by atoms with E-state index in [4.69, 9.17) is 12.2 Å². The van der Waals surface area contributed by atoms with E-state index >= 15 is 0 Å². The molecule has 192 valence electrons. The predicted octanol–water partition coefficient (Wildman–Crippen LogP) is 9.14. The average Bonchev–Trinajstić information content (AvgIpc) is 2.83. The monoisotopic (exact) mass is 500 g/mol. The molecule has 0 radical (unpaired) electrons. The van der Waals surface area contributed by atoms with Crippen LogP contribution in [0.2, 0.25) is 0 Å². The highest BCUT2D eigenvalue weighted by Crippen LogP contribution is 2.32. The van der Waals surface area contributed by atoms with Gasteiger partial charge in [-0.05, 0) is 116 Å². The SMILES string of the molecule is CCCCC(CC)Cc1ccc(NC(=S)NCc2cc(C)c(-c3c(C)cc(C)cc3C)cc2C)cc1. The second-order valence-electron chi connectivity index (χ2n) is 10.5. The lowest BCUT2D eigenvalue weighted by Gasteiger charge is -2.18. The smallest absolute Gasteiger partial charge is 0.171 e. The van der Waals surface area contributed by atoms with Crippen LogP contribution in [0.25, 0.3) is 11.1 Å². The summed E-state index contributed by atoms with van der Waals surface area (Å²) in [5.74, 6) is 0.781. The number of rotatable bonds is 10. The summed E-state index contributed by atoms with van der Waals surface area (Å²) in [5, 5.41) is 7.41. The molecule has 0 spiro atoms. The average molecular weight is 501 g/mol. The van der Waals surface area contributed by atoms with E-state index in [-0.39, 0.29) is 0 Å². The van der Waals surface area contributed by atoms with E-state index in [1.807, 2.05) is 0 Å². The van der Waals surface area contributed by atoms with Gasteiger partial charge in [0.2, 0.25) is 0 Å². The molecule has 0 heterocycles. The summed E-state index contributed by atoms with van der Waals surface area (Å²) in [4.78, 5) is 0. The second kappa shape index (κ2) is 13.1. The lowest BCUT2D eigenvalue weighted by Crippen LogP contribution is -2.28. The van der Waals surface area contributed by atoms with Gasteiger partial charge in [-0.15, -0.1) is 0 Å². The molecule has 0 aromatic heterocycles. The van der Waals surface area contributed by atoms with E-state index < -0.39 is 0 Å². The Kier molecular flexibility index (Phi) is 10.1. The first-order valence-corrected chi connectivity index (χ1v) is 13.9. The zero-order chi connectivity index (χ0) is 26.2. The molecule has 2 nitrogen and oxygen atoms in total. The number of unbranched alkanes of at least 4 members (excludes halogenated alkanes) is 1. The number of aryl methyl sites for hydroxylation is 5. The van der Waals surface area contributed by atoms with Crippen LogP contribution in [0.4, 0.5) is 5.69 Å². The van der Waals surface area contributed by atoms with E-state index in [1.54, 1.807) is 0 Å². The molecule has 3 aromatic rings. The van der Waals surface area contributed by atoms with Crippen LogP contribution in [-0.2, 0) is 13.0 Å². The van der Waals surface area contributed by atoms with Crippen molar-refractivity contribution in [3.05, 3.63) is 87.5 Å². The van der Waals surface area contributed by atoms with Crippen LogP contribution in [0.5, 0.6) is 0 Å². The molecule has 0 bridgehead atoms. The minimum absolute atomic E-state index is 0.656. The first-order chi connectivity index (χ1) is 17.2. The summed E-state index contributed by atoms with van der Waals surface area (Å²) in [7, 11) is 0. The van der Waals surface area contributed by atoms with E-state index in [0.717, 1.165) is 18.0 Å². The molecule has 36 heavy (non-hydrogen) atoms. The van der Waals surface area contributed by atoms with Crippen LogP contribution in [0, 0.1) is 40.5 Å². The molecular formula is C33H44N2S. The van der Waals surface area contributed by atoms with Crippen LogP contribution in [0.15, 0.2) is 48.5 Å². The van der Waals surface area contributed by atoms with Gasteiger partial charge in [-0.1, -0.05) is 81.5 Å². The minimum atomic E-state index is 0.656. The van der Waals surface area contributed by atoms with Gasteiger partial charge in [0.1, 0.15) is 0 Å². The fourth-order valence-electron chi connectivity index (χ4n) is 5.29. The van der Waals surface area contributed by atoms with Gasteiger partial charge in [0.25, 0.3) is 0 Å². The molecule has 1 unspecified atom stereocenters. The van der Waals surface area contributed by atoms with Crippen molar-refractivity contribution in [3.63, 3.8) is 0 Å². The van der Waals surface area contributed by atoms with Gasteiger partial charge in [0.05, 0.1) is 0 Å². The van der Waals surface area contributed by atoms with Crippen molar-refractivity contribution in [2.75, 3.05) is 5.32 Å². The summed E-state index contributed by atoms with van der Waals surface area (Å²) >= 11 is 5.61. The maximum absolute atomic E-state index is 5.61. The Balaban J connectivity index is 1.61. The number of thiocarbonyl (C=S) groups is 1. The van der Waals surface area contributed by atoms with Crippen molar-refractivity contribution in [2.24, 2.45) is 5.92 Å². The van der Waals surface area contributed by atoms with Crippen molar-refractivity contribution in [3.8, 4) is 11.1 Å². The number of anilines is 1. The van der Waals surface area contributed by atoms with Crippen LogP contribution >= 0.6 is 12.2 Å². The summed E-state index contributed by atoms with van der Waals surface area (Å²) < 4.78 is 0. The molecule has 1 atom stereocenters. The molecule has 0 aliphatic heterocycles. The molecule has 0 aliphatic rings. The lowest BCUT2D eigenvalue weighted by atomic mass is 9.89. The van der Waals surface area contributed by atoms with E-state index in [2.05, 4.69) is 108 Å². The molecule has 3 rings (SSSR count). The Hall–Kier alpha value is -2.65. The molecule has 0 aliphatic carbocycles. The molecule has 0 saturated carbocycles. The fraction of sp³-hybridized carbons (Fsp3) is 0.424. The molecule has 0 fully saturated rings. The van der Waals surface area contributed by atoms with E-state index in [9.17, 15) is 0 Å². The van der Waals surface area contributed by atoms with Gasteiger partial charge >= 0.3 is 0 Å². The fourth-order valence-corrected chi connectivity index (χ4v) is 5.48. The maximum Gasteiger partial charge on any atom is 0.171 e. The topological polar surface area (TPSA) is 24.1 Å². The zero-order valence-corrected chi connectivity index (χ0v) is 24.2. The number of hydrogen-bond donors (Lipinski definition) is 2. The highest BCUT2D eigenvalue weighted by molar-refractivity contribution is 7.80. The summed E-state index contributed by atoms with van der Waals surface area (Å²) in [6.45, 7) is 16.3. The Bertz CT molecular complexity index is 1150. The first-order valence-electron chi connectivity index (χ1n) is 13.5. The summed E-state index contributed by atoms with van der Waals surface area (Å²) in [6.07, 6.45) is 6.34. The lowest BCUT2D eigenvalue weighted by molar-refractivity contribution is 0.449. The maximum atomic E-state index is 5.61. The Morgan fingerprint density at radius 3 is 2.11 bits per heavy atom. The van der Waals surface area contributed by atoms with E-state index in [1.165, 1.54) is 75.8 Å². The zero-order valence-electron chi connectivity index (χ0n) is 23.3. The van der Waals surface area contributed by atoms with Crippen molar-refractivity contribution in [1.29, 1.82) is 0 Å². The first kappa shape index (κ1) is 27.9. The van der Waals surface area contributed by atoms with Gasteiger partial charge in [0, 0.05) is 12.2 Å². The van der Waals surface area contributed by atoms with Crippen LogP contribution in [-0.4, -0.2) is 5.11 Å². The number of benzene rings is 3. The van der Waals surface area contributed by atoms with Gasteiger partial charge in [-0.2, -0.15) is 0 Å². The Morgan fingerprint density at radius 1 is 0.833 bits per heavy atom. The van der Waals surface area contributed by atoms with Crippen LogP contribution < -0.4 is 10.6 Å². The van der Waals surface area contributed by atoms with Crippen molar-refractivity contribution >= 4 is 23.0 Å². The molecule has 3 heteroatoms. The Morgan fingerprint density at radius 2 is 1.50 bits per heavy atom. The van der Waals surface area contributed by atoms with Crippen LogP contribution in [0.3, 0.4) is 0 Å². The third-order valence-corrected chi connectivity index (χ3v) is 7.59. The predicted molar refractivity (Wildman–Crippen MR) is 162 cm³/mol. The van der Waals surface area contributed by atoms with Gasteiger partial charge < -0.3 is 10.6 Å². The molecule has 0 saturated heterocycles. The number of nitrogens with one attached hydrogen (secondary N) is 2. The highest BCUT2D eigenvalue weighted by atomic mass is 32.1. The third-order valence-electron chi connectivity index (χ3n) is 7.35. The normalized spacial score (nSPS) is 11.9. The van der Waals surface area contributed by atoms with Gasteiger partial charge in [-0.25, -0.2) is 0 Å². The van der Waals surface area contributed by atoms with Crippen molar-refractivity contribution < 1.29 is 0 Å². The molecule has 2 N–H and O–H groups in total. The summed E-state index contributed by atoms with van der Waals surface area (Å²) in [5.41, 5.74) is 13.0. The largest absolute Gasteiger partial charge is 0.358 e. The van der Waals surface area contributed by atoms with Crippen molar-refractivity contribution in [1.82, 2.24) is 5.32 Å². The van der Waals surface area contributed by atoms with E-state index in [0.29, 0.717) is 11.7 Å². The summed E-state index contributed by atoms with van der Waals surface area (Å²) in [6, 6.07) is 17.9. The third kappa shape index (κ3) is 7.43.